The third kappa shape index (κ3) is 5.97. The number of hydrogen-bond acceptors (Lipinski definition) is 9. The lowest BCUT2D eigenvalue weighted by atomic mass is 9.92. The Bertz CT molecular complexity index is 2720. The highest BCUT2D eigenvalue weighted by molar-refractivity contribution is 6.42. The second-order valence-corrected chi connectivity index (χ2v) is 15.6. The molecule has 1 aliphatic carbocycles. The molecule has 0 fully saturated rings. The average molecular weight is 793 g/mol. The number of rotatable bonds is 7. The number of aryl methyl sites for hydroxylation is 1. The van der Waals surface area contributed by atoms with E-state index >= 15 is 0 Å². The quantitative estimate of drug-likeness (QED) is 0.115. The van der Waals surface area contributed by atoms with Gasteiger partial charge in [0.05, 0.1) is 68.6 Å². The molecule has 0 saturated carbocycles. The highest BCUT2D eigenvalue weighted by Gasteiger charge is 2.42. The number of Topliss-reactive ketones (excluding diaryl/α,β-unsaturated/α-hetero) is 2. The van der Waals surface area contributed by atoms with E-state index in [1.54, 1.807) is 49.3 Å². The number of pyridine rings is 1. The molecule has 1 aliphatic heterocycles. The van der Waals surface area contributed by atoms with Crippen LogP contribution >= 0.6 is 23.2 Å². The molecule has 2 aliphatic rings. The summed E-state index contributed by atoms with van der Waals surface area (Å²) in [7, 11) is 0. The van der Waals surface area contributed by atoms with Gasteiger partial charge in [0, 0.05) is 40.2 Å². The first-order chi connectivity index (χ1) is 27.5. The van der Waals surface area contributed by atoms with Crippen molar-refractivity contribution in [2.24, 2.45) is 0 Å². The Morgan fingerprint density at radius 1 is 0.667 bits per heavy atom. The summed E-state index contributed by atoms with van der Waals surface area (Å²) in [6.45, 7) is 10.7. The molecule has 0 N–H and O–H groups in total. The molecule has 7 aromatic rings. The standard InChI is InChI=1S/C46H35Cl2N5O4/c1-24(2)29-7-6-8-30(25(3)4)41(29)52-40(10-9-32-43(54)31-11-14-49-21-35(31)44(32)55)53(46-45(52)50-38-19-36(47)37(48)20-39(38)51-46)42-33(27-12-15-56-22-27)17-26(5)18-34(42)28-13-16-57-23-28/h6-25H,1-5H3/b32-9-,40-10+. The van der Waals surface area contributed by atoms with Crippen molar-refractivity contribution in [3.63, 3.8) is 0 Å². The lowest BCUT2D eigenvalue weighted by Crippen LogP contribution is -2.25. The molecule has 0 bridgehead atoms. The number of ketones is 2. The number of halogens is 2. The van der Waals surface area contributed by atoms with E-state index in [1.165, 1.54) is 12.4 Å². The molecular weight excluding hydrogens is 757 g/mol. The predicted molar refractivity (Wildman–Crippen MR) is 224 cm³/mol. The molecule has 9 nitrogen and oxygen atoms in total. The van der Waals surface area contributed by atoms with Crippen molar-refractivity contribution in [1.29, 1.82) is 0 Å². The number of benzene rings is 3. The van der Waals surface area contributed by atoms with Crippen molar-refractivity contribution in [3.8, 4) is 22.3 Å². The SMILES string of the molecule is Cc1cc(-c2ccoc2)c(N2/C(=C/C=C3/C(=O)c4ccncc4C3=O)N(c3c(C(C)C)cccc3C(C)C)c3nc4cc(Cl)c(Cl)cc4nc32)c(-c2ccoc2)c1. The van der Waals surface area contributed by atoms with E-state index in [0.717, 1.165) is 50.3 Å². The van der Waals surface area contributed by atoms with E-state index < -0.39 is 5.78 Å². The summed E-state index contributed by atoms with van der Waals surface area (Å²) in [5, 5.41) is 0.689. The lowest BCUT2D eigenvalue weighted by Gasteiger charge is -2.31. The van der Waals surface area contributed by atoms with E-state index in [9.17, 15) is 9.59 Å². The van der Waals surface area contributed by atoms with Crippen LogP contribution in [0.3, 0.4) is 0 Å². The van der Waals surface area contributed by atoms with Crippen LogP contribution in [-0.4, -0.2) is 26.5 Å². The predicted octanol–water partition coefficient (Wildman–Crippen LogP) is 12.5. The number of aromatic nitrogens is 3. The first-order valence-corrected chi connectivity index (χ1v) is 19.3. The largest absolute Gasteiger partial charge is 0.472 e. The van der Waals surface area contributed by atoms with Crippen molar-refractivity contribution in [1.82, 2.24) is 15.0 Å². The van der Waals surface area contributed by atoms with Crippen molar-refractivity contribution in [3.05, 3.63) is 160 Å². The number of furan rings is 2. The van der Waals surface area contributed by atoms with Gasteiger partial charge in [-0.15, -0.1) is 0 Å². The van der Waals surface area contributed by atoms with Gasteiger partial charge in [0.2, 0.25) is 0 Å². The Morgan fingerprint density at radius 2 is 1.21 bits per heavy atom. The number of carbonyl (C=O) groups excluding carboxylic acids is 2. The number of fused-ring (bicyclic) bond motifs is 3. The number of hydrogen-bond donors (Lipinski definition) is 0. The van der Waals surface area contributed by atoms with E-state index in [4.69, 9.17) is 42.0 Å². The van der Waals surface area contributed by atoms with Crippen LogP contribution < -0.4 is 9.80 Å². The molecule has 3 aromatic carbocycles. The molecule has 0 amide bonds. The Morgan fingerprint density at radius 3 is 1.72 bits per heavy atom. The van der Waals surface area contributed by atoms with Crippen LogP contribution in [-0.2, 0) is 0 Å². The molecule has 5 heterocycles. The topological polar surface area (TPSA) is 106 Å². The zero-order valence-corrected chi connectivity index (χ0v) is 33.2. The van der Waals surface area contributed by atoms with Gasteiger partial charge in [-0.3, -0.25) is 24.4 Å². The molecule has 282 valence electrons. The van der Waals surface area contributed by atoms with Gasteiger partial charge < -0.3 is 8.83 Å². The number of carbonyl (C=O) groups is 2. The summed E-state index contributed by atoms with van der Waals surface area (Å²) in [6, 6.07) is 19.4. The minimum Gasteiger partial charge on any atom is -0.472 e. The van der Waals surface area contributed by atoms with Crippen molar-refractivity contribution in [2.45, 2.75) is 46.5 Å². The van der Waals surface area contributed by atoms with Crippen LogP contribution in [0.4, 0.5) is 23.0 Å². The lowest BCUT2D eigenvalue weighted by molar-refractivity contribution is 0.0988. The van der Waals surface area contributed by atoms with Gasteiger partial charge in [-0.25, -0.2) is 9.97 Å². The van der Waals surface area contributed by atoms with Gasteiger partial charge >= 0.3 is 0 Å². The number of nitrogens with zero attached hydrogens (tertiary/aromatic N) is 5. The summed E-state index contributed by atoms with van der Waals surface area (Å²) in [6.07, 6.45) is 13.1. The maximum absolute atomic E-state index is 13.9. The van der Waals surface area contributed by atoms with Gasteiger partial charge in [0.25, 0.3) is 0 Å². The third-order valence-electron chi connectivity index (χ3n) is 10.5. The Labute approximate surface area is 338 Å². The van der Waals surface area contributed by atoms with Gasteiger partial charge in [-0.2, -0.15) is 0 Å². The monoisotopic (exact) mass is 791 g/mol. The van der Waals surface area contributed by atoms with Crippen LogP contribution in [0.15, 0.2) is 130 Å². The average Bonchev–Trinajstić information content (AvgIpc) is 4.01. The Hall–Kier alpha value is -6.29. The minimum absolute atomic E-state index is 0.0289. The molecule has 0 unspecified atom stereocenters. The number of anilines is 4. The van der Waals surface area contributed by atoms with Crippen LogP contribution in [0.25, 0.3) is 33.3 Å². The normalized spacial score (nSPS) is 15.3. The smallest absolute Gasteiger partial charge is 0.199 e. The van der Waals surface area contributed by atoms with Gasteiger partial charge in [0.1, 0.15) is 5.82 Å². The van der Waals surface area contributed by atoms with Crippen LogP contribution in [0.2, 0.25) is 10.0 Å². The van der Waals surface area contributed by atoms with Crippen LogP contribution in [0.5, 0.6) is 0 Å². The zero-order valence-electron chi connectivity index (χ0n) is 31.7. The second-order valence-electron chi connectivity index (χ2n) is 14.8. The van der Waals surface area contributed by atoms with E-state index in [2.05, 4.69) is 67.9 Å². The molecule has 0 saturated heterocycles. The summed E-state index contributed by atoms with van der Waals surface area (Å²) in [5.74, 6) is 1.03. The van der Waals surface area contributed by atoms with Gasteiger partial charge in [0.15, 0.2) is 23.2 Å². The van der Waals surface area contributed by atoms with Crippen molar-refractivity contribution >= 4 is 68.8 Å². The van der Waals surface area contributed by atoms with Crippen LogP contribution in [0.1, 0.15) is 76.9 Å². The van der Waals surface area contributed by atoms with Crippen molar-refractivity contribution in [2.75, 3.05) is 9.80 Å². The molecule has 9 rings (SSSR count). The third-order valence-corrected chi connectivity index (χ3v) is 11.2. The highest BCUT2D eigenvalue weighted by atomic mass is 35.5. The van der Waals surface area contributed by atoms with Gasteiger partial charge in [-0.1, -0.05) is 69.1 Å². The maximum Gasteiger partial charge on any atom is 0.199 e. The molecule has 57 heavy (non-hydrogen) atoms. The Kier molecular flexibility index (Phi) is 8.94. The second kappa shape index (κ2) is 14.0. The number of para-hydroxylation sites is 1. The first kappa shape index (κ1) is 36.4. The number of allylic oxidation sites excluding steroid dienone is 3. The summed E-state index contributed by atoms with van der Waals surface area (Å²) in [4.78, 5) is 46.6. The van der Waals surface area contributed by atoms with Crippen molar-refractivity contribution < 1.29 is 18.4 Å². The Balaban J connectivity index is 1.44. The molecular formula is C46H35Cl2N5O4. The van der Waals surface area contributed by atoms with E-state index in [0.29, 0.717) is 44.1 Å². The zero-order chi connectivity index (χ0) is 39.7. The molecule has 4 aromatic heterocycles. The molecule has 0 radical (unpaired) electrons. The molecule has 0 atom stereocenters. The van der Waals surface area contributed by atoms with E-state index in [-0.39, 0.29) is 28.8 Å². The molecule has 0 spiro atoms. The summed E-state index contributed by atoms with van der Waals surface area (Å²) < 4.78 is 11.3. The summed E-state index contributed by atoms with van der Waals surface area (Å²) >= 11 is 13.2. The summed E-state index contributed by atoms with van der Waals surface area (Å²) in [5.41, 5.74) is 9.85. The fourth-order valence-electron chi connectivity index (χ4n) is 7.78. The fraction of sp³-hybridized carbons (Fsp3) is 0.152. The minimum atomic E-state index is -0.390. The maximum atomic E-state index is 13.9. The van der Waals surface area contributed by atoms with Crippen LogP contribution in [0, 0.1) is 6.92 Å². The van der Waals surface area contributed by atoms with E-state index in [1.807, 2.05) is 30.0 Å². The first-order valence-electron chi connectivity index (χ1n) is 18.6. The fourth-order valence-corrected chi connectivity index (χ4v) is 8.10. The highest BCUT2D eigenvalue weighted by Crippen LogP contribution is 2.55. The molecule has 11 heteroatoms. The van der Waals surface area contributed by atoms with Gasteiger partial charge in [-0.05, 0) is 90.1 Å².